The molecule has 0 saturated carbocycles. The third-order valence-electron chi connectivity index (χ3n) is 3.25. The lowest BCUT2D eigenvalue weighted by atomic mass is 10.2. The van der Waals surface area contributed by atoms with E-state index in [2.05, 4.69) is 4.72 Å². The Morgan fingerprint density at radius 3 is 2.62 bits per heavy atom. The number of aldehydes is 1. The normalized spacial score (nSPS) is 24.7. The summed E-state index contributed by atoms with van der Waals surface area (Å²) in [6.07, 6.45) is 4.43. The van der Waals surface area contributed by atoms with Crippen LogP contribution in [0.3, 0.4) is 0 Å². The number of anilines is 1. The van der Waals surface area contributed by atoms with Gasteiger partial charge < -0.3 is 9.90 Å². The maximum Gasteiger partial charge on any atom is 0.302 e. The molecule has 21 heavy (non-hydrogen) atoms. The Labute approximate surface area is 125 Å². The summed E-state index contributed by atoms with van der Waals surface area (Å²) in [5.41, 5.74) is 0.178. The van der Waals surface area contributed by atoms with Crippen molar-refractivity contribution in [2.45, 2.75) is 10.9 Å². The third-order valence-corrected chi connectivity index (χ3v) is 6.64. The van der Waals surface area contributed by atoms with E-state index in [9.17, 15) is 18.3 Å². The monoisotopic (exact) mass is 326 g/mol. The van der Waals surface area contributed by atoms with Crippen molar-refractivity contribution >= 4 is 33.1 Å². The number of carbonyl (C=O) groups is 1. The summed E-state index contributed by atoms with van der Waals surface area (Å²) in [7, 11) is -4.36. The van der Waals surface area contributed by atoms with Crippen LogP contribution in [-0.4, -0.2) is 32.4 Å². The van der Waals surface area contributed by atoms with Gasteiger partial charge in [0.05, 0.1) is 18.3 Å². The lowest BCUT2D eigenvalue weighted by Gasteiger charge is -2.19. The van der Waals surface area contributed by atoms with Crippen LogP contribution >= 0.6 is 10.9 Å². The van der Waals surface area contributed by atoms with Gasteiger partial charge in [-0.15, -0.1) is 0 Å². The van der Waals surface area contributed by atoms with Gasteiger partial charge in [-0.25, -0.2) is 0 Å². The smallest absolute Gasteiger partial charge is 0.302 e. The second-order valence-corrected chi connectivity index (χ2v) is 8.21. The molecule has 1 saturated heterocycles. The second-order valence-electron chi connectivity index (χ2n) is 4.66. The lowest BCUT2D eigenvalue weighted by molar-refractivity contribution is -0.108. The van der Waals surface area contributed by atoms with Crippen LogP contribution in [0.1, 0.15) is 0 Å². The molecule has 1 fully saturated rings. The fraction of sp³-hybridized carbons (Fsp3) is 0.154. The molecule has 1 unspecified atom stereocenters. The van der Waals surface area contributed by atoms with Gasteiger partial charge in [0.2, 0.25) is 0 Å². The molecule has 2 heterocycles. The highest BCUT2D eigenvalue weighted by Crippen LogP contribution is 2.45. The molecule has 1 aromatic rings. The molecule has 2 aliphatic rings. The molecule has 0 aliphatic carbocycles. The summed E-state index contributed by atoms with van der Waals surface area (Å²) >= 11 is 0. The molecule has 2 N–H and O–H groups in total. The van der Waals surface area contributed by atoms with Crippen LogP contribution in [0.2, 0.25) is 0 Å². The van der Waals surface area contributed by atoms with Crippen LogP contribution in [0.25, 0.3) is 0 Å². The number of nitrogens with one attached hydrogen (secondary N) is 1. The van der Waals surface area contributed by atoms with E-state index in [1.807, 2.05) is 23.0 Å². The number of allylic oxidation sites excluding steroid dienone is 2. The first-order chi connectivity index (χ1) is 10.0. The summed E-state index contributed by atoms with van der Waals surface area (Å²) in [6, 6.07) is 4.15. The van der Waals surface area contributed by atoms with Gasteiger partial charge in [0.1, 0.15) is 12.0 Å². The molecule has 6 nitrogen and oxygen atoms in total. The Bertz CT molecular complexity index is 731. The van der Waals surface area contributed by atoms with Crippen molar-refractivity contribution in [2.75, 3.05) is 10.8 Å². The Balaban J connectivity index is 1.94. The number of phenolic OH excluding ortho intramolecular Hbond substituents is 1. The number of carbonyl (C=O) groups excluding carboxylic acids is 1. The average Bonchev–Trinajstić information content (AvgIpc) is 3.06. The predicted molar refractivity (Wildman–Crippen MR) is 82.9 cm³/mol. The number of thiol groups is 1. The molecule has 112 valence electrons. The molecule has 1 atom stereocenters. The van der Waals surface area contributed by atoms with Gasteiger partial charge in [0.15, 0.2) is 0 Å². The number of rotatable bonds is 3. The minimum Gasteiger partial charge on any atom is -0.506 e. The Morgan fingerprint density at radius 2 is 2.05 bits per heavy atom. The summed E-state index contributed by atoms with van der Waals surface area (Å²) in [5, 5.41) is 14.2. The maximum absolute atomic E-state index is 12.0. The highest BCUT2D eigenvalue weighted by molar-refractivity contribution is 8.22. The summed E-state index contributed by atoms with van der Waals surface area (Å²) in [4.78, 5) is 11.7. The largest absolute Gasteiger partial charge is 0.506 e. The fourth-order valence-corrected chi connectivity index (χ4v) is 5.20. The van der Waals surface area contributed by atoms with E-state index in [0.29, 0.717) is 6.29 Å². The highest BCUT2D eigenvalue weighted by Gasteiger charge is 2.36. The zero-order chi connectivity index (χ0) is 15.0. The molecule has 8 heteroatoms. The first-order valence-corrected chi connectivity index (χ1v) is 9.15. The molecule has 0 amide bonds. The van der Waals surface area contributed by atoms with Crippen molar-refractivity contribution in [3.63, 3.8) is 0 Å². The Morgan fingerprint density at radius 1 is 1.33 bits per heavy atom. The van der Waals surface area contributed by atoms with Gasteiger partial charge in [-0.3, -0.25) is 4.31 Å². The van der Waals surface area contributed by atoms with Gasteiger partial charge in [0.25, 0.3) is 0 Å². The molecule has 0 bridgehead atoms. The standard InChI is InChI=1S/C13H14N2O4S2/c16-9-10-8-15(21(18,19)14-10)12-4-3-11(7-13(12)17)20-5-1-2-6-20/h1-7,9-10,14,17,20H,8H2. The quantitative estimate of drug-likeness (QED) is 0.572. The minimum atomic E-state index is -3.79. The van der Waals surface area contributed by atoms with E-state index in [0.717, 1.165) is 9.20 Å². The number of phenols is 1. The van der Waals surface area contributed by atoms with Gasteiger partial charge in [-0.1, -0.05) is 12.2 Å². The average molecular weight is 326 g/mol. The zero-order valence-corrected chi connectivity index (χ0v) is 12.6. The van der Waals surface area contributed by atoms with Crippen molar-refractivity contribution in [3.05, 3.63) is 41.2 Å². The molecule has 0 spiro atoms. The summed E-state index contributed by atoms with van der Waals surface area (Å²) in [6.45, 7) is -0.0205. The minimum absolute atomic E-state index is 0.0205. The van der Waals surface area contributed by atoms with E-state index in [4.69, 9.17) is 0 Å². The van der Waals surface area contributed by atoms with Crippen molar-refractivity contribution in [1.29, 1.82) is 0 Å². The van der Waals surface area contributed by atoms with Crippen LogP contribution < -0.4 is 9.03 Å². The van der Waals surface area contributed by atoms with Crippen molar-refractivity contribution < 1.29 is 18.3 Å². The maximum atomic E-state index is 12.0. The summed E-state index contributed by atoms with van der Waals surface area (Å²) in [5.74, 6) is -0.111. The van der Waals surface area contributed by atoms with E-state index >= 15 is 0 Å². The number of hydrogen-bond donors (Lipinski definition) is 3. The van der Waals surface area contributed by atoms with Crippen molar-refractivity contribution in [3.8, 4) is 5.75 Å². The van der Waals surface area contributed by atoms with Gasteiger partial charge >= 0.3 is 10.2 Å². The number of hydrogen-bond acceptors (Lipinski definition) is 4. The molecular weight excluding hydrogens is 312 g/mol. The Kier molecular flexibility index (Phi) is 3.52. The van der Waals surface area contributed by atoms with Gasteiger partial charge in [-0.2, -0.15) is 24.0 Å². The zero-order valence-electron chi connectivity index (χ0n) is 10.9. The first-order valence-electron chi connectivity index (χ1n) is 6.23. The number of aromatic hydroxyl groups is 1. The van der Waals surface area contributed by atoms with Gasteiger partial charge in [-0.05, 0) is 33.9 Å². The molecule has 2 aliphatic heterocycles. The predicted octanol–water partition coefficient (Wildman–Crippen LogP) is 1.02. The molecule has 0 radical (unpaired) electrons. The van der Waals surface area contributed by atoms with E-state index < -0.39 is 27.1 Å². The first kappa shape index (κ1) is 14.2. The molecule has 3 rings (SSSR count). The number of nitrogens with zero attached hydrogens (tertiary/aromatic N) is 1. The van der Waals surface area contributed by atoms with Crippen LogP contribution in [0.4, 0.5) is 5.69 Å². The van der Waals surface area contributed by atoms with Crippen LogP contribution in [0.5, 0.6) is 5.75 Å². The van der Waals surface area contributed by atoms with Gasteiger partial charge in [0, 0.05) is 0 Å². The van der Waals surface area contributed by atoms with Crippen LogP contribution in [-0.2, 0) is 15.0 Å². The van der Waals surface area contributed by atoms with E-state index in [1.54, 1.807) is 18.2 Å². The highest BCUT2D eigenvalue weighted by atomic mass is 32.2. The van der Waals surface area contributed by atoms with Crippen molar-refractivity contribution in [2.24, 2.45) is 0 Å². The number of benzene rings is 1. The second kappa shape index (κ2) is 5.21. The Hall–Kier alpha value is -1.77. The SMILES string of the molecule is O=CC1CN(c2ccc([SH]3C=CC=C3)cc2O)S(=O)(=O)N1. The lowest BCUT2D eigenvalue weighted by Crippen LogP contribution is -2.30. The van der Waals surface area contributed by atoms with Crippen LogP contribution in [0, 0.1) is 0 Å². The van der Waals surface area contributed by atoms with Crippen LogP contribution in [0.15, 0.2) is 46.1 Å². The van der Waals surface area contributed by atoms with E-state index in [1.165, 1.54) is 0 Å². The molecule has 0 aromatic heterocycles. The fourth-order valence-electron chi connectivity index (χ4n) is 2.26. The topological polar surface area (TPSA) is 86.7 Å². The molecule has 1 aromatic carbocycles. The molecular formula is C13H14N2O4S2. The van der Waals surface area contributed by atoms with Crippen molar-refractivity contribution in [1.82, 2.24) is 4.72 Å². The third kappa shape index (κ3) is 2.57. The summed E-state index contributed by atoms with van der Waals surface area (Å²) < 4.78 is 27.1. The van der Waals surface area contributed by atoms with E-state index in [-0.39, 0.29) is 18.0 Å².